The van der Waals surface area contributed by atoms with Crippen molar-refractivity contribution in [2.45, 2.75) is 32.0 Å². The van der Waals surface area contributed by atoms with E-state index in [2.05, 4.69) is 50.1 Å². The molecule has 138 valence electrons. The minimum atomic E-state index is 0.663. The number of benzene rings is 1. The van der Waals surface area contributed by atoms with Gasteiger partial charge >= 0.3 is 0 Å². The van der Waals surface area contributed by atoms with Gasteiger partial charge in [0.1, 0.15) is 0 Å². The fourth-order valence-corrected chi connectivity index (χ4v) is 4.34. The van der Waals surface area contributed by atoms with Crippen LogP contribution in [-0.2, 0) is 13.1 Å². The Morgan fingerprint density at radius 1 is 0.923 bits per heavy atom. The van der Waals surface area contributed by atoms with Gasteiger partial charge in [-0.3, -0.25) is 9.80 Å². The van der Waals surface area contributed by atoms with Gasteiger partial charge in [-0.05, 0) is 24.3 Å². The predicted octanol–water partition coefficient (Wildman–Crippen LogP) is 2.64. The molecular weight excluding hydrogens is 322 g/mol. The summed E-state index contributed by atoms with van der Waals surface area (Å²) in [5, 5.41) is 0. The molecule has 3 fully saturated rings. The lowest BCUT2D eigenvalue weighted by Crippen LogP contribution is -2.43. The maximum atomic E-state index is 4.47. The zero-order chi connectivity index (χ0) is 17.9. The Kier molecular flexibility index (Phi) is 5.18. The average molecular weight is 351 g/mol. The third-order valence-corrected chi connectivity index (χ3v) is 5.63. The maximum Gasteiger partial charge on any atom is 0.224 e. The van der Waals surface area contributed by atoms with Crippen molar-refractivity contribution in [2.75, 3.05) is 38.6 Å². The van der Waals surface area contributed by atoms with Crippen molar-refractivity contribution in [1.82, 2.24) is 19.8 Å². The fourth-order valence-electron chi connectivity index (χ4n) is 4.34. The quantitative estimate of drug-likeness (QED) is 0.827. The highest BCUT2D eigenvalue weighted by atomic mass is 15.3. The topological polar surface area (TPSA) is 35.5 Å². The second kappa shape index (κ2) is 7.72. The van der Waals surface area contributed by atoms with E-state index in [1.54, 1.807) is 0 Å². The smallest absolute Gasteiger partial charge is 0.224 e. The standard InChI is InChI=1S/C21H29N5/c1-24(2)21-22-10-19(11-23-21)13-25-12-18-8-9-20(16-25)26(15-18)14-17-6-4-3-5-7-17/h3-7,10-11,18,20H,8-9,12-16H2,1-2H3/t18-,20+/m0/s1. The minimum Gasteiger partial charge on any atom is -0.347 e. The van der Waals surface area contributed by atoms with E-state index >= 15 is 0 Å². The molecule has 2 bridgehead atoms. The van der Waals surface area contributed by atoms with Crippen molar-refractivity contribution in [2.24, 2.45) is 5.92 Å². The molecule has 1 aromatic carbocycles. The van der Waals surface area contributed by atoms with Gasteiger partial charge in [0.25, 0.3) is 0 Å². The second-order valence-electron chi connectivity index (χ2n) is 7.99. The number of anilines is 1. The van der Waals surface area contributed by atoms with Crippen LogP contribution in [0.4, 0.5) is 5.95 Å². The molecule has 2 atom stereocenters. The summed E-state index contributed by atoms with van der Waals surface area (Å²) >= 11 is 0. The molecule has 0 amide bonds. The molecule has 1 aromatic heterocycles. The van der Waals surface area contributed by atoms with Crippen molar-refractivity contribution >= 4 is 5.95 Å². The molecule has 3 aliphatic rings. The zero-order valence-electron chi connectivity index (χ0n) is 15.9. The summed E-state index contributed by atoms with van der Waals surface area (Å²) in [6, 6.07) is 11.6. The highest BCUT2D eigenvalue weighted by Crippen LogP contribution is 2.29. The monoisotopic (exact) mass is 351 g/mol. The van der Waals surface area contributed by atoms with Crippen LogP contribution >= 0.6 is 0 Å². The van der Waals surface area contributed by atoms with E-state index in [-0.39, 0.29) is 0 Å². The van der Waals surface area contributed by atoms with Crippen molar-refractivity contribution in [3.8, 4) is 0 Å². The van der Waals surface area contributed by atoms with Gasteiger partial charge in [0.2, 0.25) is 5.95 Å². The van der Waals surface area contributed by atoms with Gasteiger partial charge in [0.15, 0.2) is 0 Å². The van der Waals surface area contributed by atoms with Gasteiger partial charge in [0.05, 0.1) is 0 Å². The van der Waals surface area contributed by atoms with Gasteiger partial charge < -0.3 is 4.90 Å². The first-order valence-corrected chi connectivity index (χ1v) is 9.66. The zero-order valence-corrected chi connectivity index (χ0v) is 15.9. The first kappa shape index (κ1) is 17.4. The Bertz CT molecular complexity index is 700. The molecule has 0 radical (unpaired) electrons. The normalized spacial score (nSPS) is 23.8. The van der Waals surface area contributed by atoms with Gasteiger partial charge in [-0.15, -0.1) is 0 Å². The third kappa shape index (κ3) is 4.05. The molecule has 5 rings (SSSR count). The molecule has 0 aliphatic carbocycles. The van der Waals surface area contributed by atoms with Crippen LogP contribution in [0.1, 0.15) is 24.0 Å². The summed E-state index contributed by atoms with van der Waals surface area (Å²) in [4.78, 5) is 16.2. The van der Waals surface area contributed by atoms with Gasteiger partial charge in [-0.1, -0.05) is 30.3 Å². The lowest BCUT2D eigenvalue weighted by atomic mass is 9.94. The van der Waals surface area contributed by atoms with Crippen LogP contribution in [0, 0.1) is 5.92 Å². The van der Waals surface area contributed by atoms with Crippen molar-refractivity contribution in [1.29, 1.82) is 0 Å². The number of nitrogens with zero attached hydrogens (tertiary/aromatic N) is 5. The molecule has 0 N–H and O–H groups in total. The Balaban J connectivity index is 1.41. The molecule has 26 heavy (non-hydrogen) atoms. The second-order valence-corrected chi connectivity index (χ2v) is 7.99. The van der Waals surface area contributed by atoms with Crippen molar-refractivity contribution < 1.29 is 0 Å². The molecule has 0 spiro atoms. The summed E-state index contributed by atoms with van der Waals surface area (Å²) in [5.41, 5.74) is 2.64. The number of hydrogen-bond donors (Lipinski definition) is 0. The summed E-state index contributed by atoms with van der Waals surface area (Å²) in [7, 11) is 3.95. The van der Waals surface area contributed by atoms with E-state index < -0.39 is 0 Å². The predicted molar refractivity (Wildman–Crippen MR) is 105 cm³/mol. The molecule has 5 nitrogen and oxygen atoms in total. The average Bonchev–Trinajstić information content (AvgIpc) is 2.93. The third-order valence-electron chi connectivity index (χ3n) is 5.63. The van der Waals surface area contributed by atoms with Gasteiger partial charge in [-0.25, -0.2) is 9.97 Å². The number of aromatic nitrogens is 2. The molecule has 3 saturated heterocycles. The number of fused-ring (bicyclic) bond motifs is 4. The Morgan fingerprint density at radius 2 is 1.69 bits per heavy atom. The summed E-state index contributed by atoms with van der Waals surface area (Å²) < 4.78 is 0. The van der Waals surface area contributed by atoms with Crippen LogP contribution in [0.15, 0.2) is 42.7 Å². The van der Waals surface area contributed by atoms with Crippen LogP contribution < -0.4 is 4.90 Å². The summed E-state index contributed by atoms with van der Waals surface area (Å²) in [6.07, 6.45) is 6.65. The molecule has 0 unspecified atom stereocenters. The lowest BCUT2D eigenvalue weighted by molar-refractivity contribution is 0.123. The Morgan fingerprint density at radius 3 is 2.42 bits per heavy atom. The highest BCUT2D eigenvalue weighted by Gasteiger charge is 2.34. The van der Waals surface area contributed by atoms with E-state index in [1.807, 2.05) is 31.4 Å². The first-order chi connectivity index (χ1) is 12.7. The maximum absolute atomic E-state index is 4.47. The van der Waals surface area contributed by atoms with E-state index in [0.717, 1.165) is 31.5 Å². The summed E-state index contributed by atoms with van der Waals surface area (Å²) in [6.45, 7) is 5.61. The van der Waals surface area contributed by atoms with Crippen molar-refractivity contribution in [3.63, 3.8) is 0 Å². The van der Waals surface area contributed by atoms with Crippen LogP contribution in [-0.4, -0.2) is 59.5 Å². The Labute approximate surface area is 156 Å². The van der Waals surface area contributed by atoms with E-state index in [4.69, 9.17) is 0 Å². The van der Waals surface area contributed by atoms with E-state index in [9.17, 15) is 0 Å². The molecule has 5 heteroatoms. The van der Waals surface area contributed by atoms with Gasteiger partial charge in [0, 0.05) is 70.8 Å². The number of hydrogen-bond acceptors (Lipinski definition) is 5. The van der Waals surface area contributed by atoms with Crippen LogP contribution in [0.3, 0.4) is 0 Å². The molecule has 4 heterocycles. The lowest BCUT2D eigenvalue weighted by Gasteiger charge is -2.36. The van der Waals surface area contributed by atoms with Gasteiger partial charge in [-0.2, -0.15) is 0 Å². The largest absolute Gasteiger partial charge is 0.347 e. The number of piperidine rings is 1. The molecule has 0 saturated carbocycles. The minimum absolute atomic E-state index is 0.663. The fraction of sp³-hybridized carbons (Fsp3) is 0.524. The highest BCUT2D eigenvalue weighted by molar-refractivity contribution is 5.26. The Hall–Kier alpha value is -1.98. The first-order valence-electron chi connectivity index (χ1n) is 9.66. The molecular formula is C21H29N5. The molecule has 2 aromatic rings. The van der Waals surface area contributed by atoms with Crippen LogP contribution in [0.5, 0.6) is 0 Å². The van der Waals surface area contributed by atoms with E-state index in [1.165, 1.54) is 37.1 Å². The van der Waals surface area contributed by atoms with E-state index in [0.29, 0.717) is 6.04 Å². The summed E-state index contributed by atoms with van der Waals surface area (Å²) in [5.74, 6) is 1.55. The number of rotatable bonds is 5. The SMILES string of the molecule is CN(C)c1ncc(CN2C[C@@H]3CC[C@H](C2)N(Cc2ccccc2)C3)cn1. The van der Waals surface area contributed by atoms with Crippen LogP contribution in [0.2, 0.25) is 0 Å². The van der Waals surface area contributed by atoms with Crippen LogP contribution in [0.25, 0.3) is 0 Å². The van der Waals surface area contributed by atoms with Crippen molar-refractivity contribution in [3.05, 3.63) is 53.9 Å². The molecule has 3 aliphatic heterocycles.